The number of hydrogen-bond donors (Lipinski definition) is 0. The summed E-state index contributed by atoms with van der Waals surface area (Å²) < 4.78 is 5.46. The van der Waals surface area contributed by atoms with Crippen molar-refractivity contribution in [1.82, 2.24) is 0 Å². The number of ether oxygens (including phenoxy) is 1. The Morgan fingerprint density at radius 2 is 1.84 bits per heavy atom. The van der Waals surface area contributed by atoms with E-state index in [0.29, 0.717) is 18.4 Å². The minimum absolute atomic E-state index is 0.0360. The van der Waals surface area contributed by atoms with Crippen LogP contribution in [-0.4, -0.2) is 12.6 Å². The van der Waals surface area contributed by atoms with Crippen LogP contribution < -0.4 is 0 Å². The van der Waals surface area contributed by atoms with E-state index in [1.807, 2.05) is 18.2 Å². The molecule has 1 fully saturated rings. The second-order valence-corrected chi connectivity index (χ2v) is 6.38. The van der Waals surface area contributed by atoms with Crippen molar-refractivity contribution in [3.63, 3.8) is 0 Å². The van der Waals surface area contributed by atoms with Crippen LogP contribution in [0, 0.1) is 17.8 Å². The third-order valence-electron chi connectivity index (χ3n) is 4.22. The Bertz CT molecular complexity index is 436. The van der Waals surface area contributed by atoms with Gasteiger partial charge in [-0.15, -0.1) is 0 Å². The van der Waals surface area contributed by atoms with Crippen LogP contribution in [0.2, 0.25) is 0 Å². The molecule has 1 aliphatic rings. The number of carbonyl (C=O) groups is 1. The highest BCUT2D eigenvalue weighted by Gasteiger charge is 2.54. The first kappa shape index (κ1) is 14.1. The molecule has 1 saturated heterocycles. The number of esters is 1. The molecule has 1 aromatic carbocycles. The number of cyclic esters (lactones) is 1. The van der Waals surface area contributed by atoms with Gasteiger partial charge in [0.2, 0.25) is 0 Å². The van der Waals surface area contributed by atoms with Gasteiger partial charge in [-0.25, -0.2) is 0 Å². The van der Waals surface area contributed by atoms with E-state index in [1.54, 1.807) is 0 Å². The molecule has 1 aromatic rings. The van der Waals surface area contributed by atoms with Crippen LogP contribution in [0.5, 0.6) is 0 Å². The van der Waals surface area contributed by atoms with Crippen molar-refractivity contribution >= 4 is 5.97 Å². The summed E-state index contributed by atoms with van der Waals surface area (Å²) in [7, 11) is 0. The smallest absolute Gasteiger partial charge is 0.317 e. The maximum Gasteiger partial charge on any atom is 0.317 e. The van der Waals surface area contributed by atoms with Crippen molar-refractivity contribution in [2.24, 2.45) is 17.8 Å². The lowest BCUT2D eigenvalue weighted by molar-refractivity contribution is -0.143. The van der Waals surface area contributed by atoms with Crippen LogP contribution in [0.15, 0.2) is 30.3 Å². The van der Waals surface area contributed by atoms with E-state index in [1.165, 1.54) is 0 Å². The van der Waals surface area contributed by atoms with Gasteiger partial charge in [0.25, 0.3) is 0 Å². The SMILES string of the molecule is CC(C)CC1(c2ccccc2)C(=O)OCC1C(C)C. The minimum Gasteiger partial charge on any atom is -0.465 e. The highest BCUT2D eigenvalue weighted by atomic mass is 16.5. The molecule has 2 heteroatoms. The van der Waals surface area contributed by atoms with Gasteiger partial charge >= 0.3 is 5.97 Å². The molecular weight excluding hydrogens is 236 g/mol. The van der Waals surface area contributed by atoms with Crippen LogP contribution in [0.4, 0.5) is 0 Å². The number of hydrogen-bond acceptors (Lipinski definition) is 2. The topological polar surface area (TPSA) is 26.3 Å². The lowest BCUT2D eigenvalue weighted by Gasteiger charge is -2.35. The summed E-state index contributed by atoms with van der Waals surface area (Å²) in [5.41, 5.74) is 0.661. The molecule has 0 saturated carbocycles. The lowest BCUT2D eigenvalue weighted by atomic mass is 9.64. The molecule has 0 amide bonds. The van der Waals surface area contributed by atoms with Gasteiger partial charge in [0.1, 0.15) is 0 Å². The van der Waals surface area contributed by atoms with E-state index in [-0.39, 0.29) is 11.9 Å². The fourth-order valence-electron chi connectivity index (χ4n) is 3.41. The van der Waals surface area contributed by atoms with E-state index < -0.39 is 5.41 Å². The van der Waals surface area contributed by atoms with E-state index in [4.69, 9.17) is 4.74 Å². The molecule has 2 unspecified atom stereocenters. The predicted molar refractivity (Wildman–Crippen MR) is 76.9 cm³/mol. The molecule has 0 bridgehead atoms. The van der Waals surface area contributed by atoms with Gasteiger partial charge in [0.05, 0.1) is 12.0 Å². The Labute approximate surface area is 116 Å². The second-order valence-electron chi connectivity index (χ2n) is 6.38. The highest BCUT2D eigenvalue weighted by molar-refractivity contribution is 5.85. The fraction of sp³-hybridized carbons (Fsp3) is 0.588. The average molecular weight is 260 g/mol. The van der Waals surface area contributed by atoms with Gasteiger partial charge in [0.15, 0.2) is 0 Å². The molecule has 0 aromatic heterocycles. The molecule has 0 N–H and O–H groups in total. The van der Waals surface area contributed by atoms with Crippen LogP contribution in [0.25, 0.3) is 0 Å². The van der Waals surface area contributed by atoms with Gasteiger partial charge < -0.3 is 4.74 Å². The molecule has 19 heavy (non-hydrogen) atoms. The maximum absolute atomic E-state index is 12.5. The monoisotopic (exact) mass is 260 g/mol. The van der Waals surface area contributed by atoms with E-state index >= 15 is 0 Å². The van der Waals surface area contributed by atoms with Crippen molar-refractivity contribution in [1.29, 1.82) is 0 Å². The van der Waals surface area contributed by atoms with Crippen molar-refractivity contribution in [3.8, 4) is 0 Å². The van der Waals surface area contributed by atoms with Crippen LogP contribution in [0.3, 0.4) is 0 Å². The third kappa shape index (κ3) is 2.41. The van der Waals surface area contributed by atoms with Gasteiger partial charge in [-0.3, -0.25) is 4.79 Å². The zero-order chi connectivity index (χ0) is 14.0. The first-order valence-corrected chi connectivity index (χ1v) is 7.21. The van der Waals surface area contributed by atoms with Crippen LogP contribution >= 0.6 is 0 Å². The molecule has 2 nitrogen and oxygen atoms in total. The van der Waals surface area contributed by atoms with Crippen molar-refractivity contribution in [2.75, 3.05) is 6.61 Å². The van der Waals surface area contributed by atoms with E-state index in [9.17, 15) is 4.79 Å². The van der Waals surface area contributed by atoms with Crippen LogP contribution in [0.1, 0.15) is 39.7 Å². The molecule has 2 atom stereocenters. The fourth-order valence-corrected chi connectivity index (χ4v) is 3.41. The molecule has 0 radical (unpaired) electrons. The zero-order valence-corrected chi connectivity index (χ0v) is 12.3. The summed E-state index contributed by atoms with van der Waals surface area (Å²) in [6, 6.07) is 10.2. The number of rotatable bonds is 4. The van der Waals surface area contributed by atoms with Gasteiger partial charge in [-0.1, -0.05) is 58.0 Å². The Morgan fingerprint density at radius 3 is 2.37 bits per heavy atom. The molecule has 104 valence electrons. The van der Waals surface area contributed by atoms with E-state index in [2.05, 4.69) is 39.8 Å². The molecule has 2 rings (SSSR count). The van der Waals surface area contributed by atoms with Crippen molar-refractivity contribution in [2.45, 2.75) is 39.5 Å². The minimum atomic E-state index is -0.455. The zero-order valence-electron chi connectivity index (χ0n) is 12.3. The van der Waals surface area contributed by atoms with E-state index in [0.717, 1.165) is 12.0 Å². The summed E-state index contributed by atoms with van der Waals surface area (Å²) in [5.74, 6) is 1.13. The van der Waals surface area contributed by atoms with Crippen molar-refractivity contribution in [3.05, 3.63) is 35.9 Å². The van der Waals surface area contributed by atoms with Crippen LogP contribution in [-0.2, 0) is 14.9 Å². The quantitative estimate of drug-likeness (QED) is 0.770. The summed E-state index contributed by atoms with van der Waals surface area (Å²) in [6.45, 7) is 9.27. The summed E-state index contributed by atoms with van der Waals surface area (Å²) in [6.07, 6.45) is 0.860. The second kappa shape index (κ2) is 5.36. The summed E-state index contributed by atoms with van der Waals surface area (Å²) in [4.78, 5) is 12.5. The van der Waals surface area contributed by atoms with Gasteiger partial charge in [-0.2, -0.15) is 0 Å². The number of carbonyl (C=O) groups excluding carboxylic acids is 1. The maximum atomic E-state index is 12.5. The summed E-state index contributed by atoms with van der Waals surface area (Å²) >= 11 is 0. The predicted octanol–water partition coefficient (Wildman–Crippen LogP) is 3.80. The molecule has 0 spiro atoms. The Balaban J connectivity index is 2.52. The lowest BCUT2D eigenvalue weighted by Crippen LogP contribution is -2.41. The normalized spacial score (nSPS) is 27.1. The first-order chi connectivity index (χ1) is 8.98. The molecule has 0 aliphatic carbocycles. The molecule has 1 heterocycles. The van der Waals surface area contributed by atoms with Gasteiger partial charge in [0, 0.05) is 5.92 Å². The van der Waals surface area contributed by atoms with Gasteiger partial charge in [-0.05, 0) is 23.8 Å². The largest absolute Gasteiger partial charge is 0.465 e. The molecule has 1 aliphatic heterocycles. The summed E-state index contributed by atoms with van der Waals surface area (Å²) in [5, 5.41) is 0. The Morgan fingerprint density at radius 1 is 1.21 bits per heavy atom. The third-order valence-corrected chi connectivity index (χ3v) is 4.22. The standard InChI is InChI=1S/C17H24O2/c1-12(2)10-17(14-8-6-5-7-9-14)15(13(3)4)11-19-16(17)18/h5-9,12-13,15H,10-11H2,1-4H3. The Kier molecular flexibility index (Phi) is 3.98. The Hall–Kier alpha value is -1.31. The van der Waals surface area contributed by atoms with Crippen molar-refractivity contribution < 1.29 is 9.53 Å². The molecular formula is C17H24O2. The average Bonchev–Trinajstić information content (AvgIpc) is 2.68. The highest BCUT2D eigenvalue weighted by Crippen LogP contribution is 2.46. The first-order valence-electron chi connectivity index (χ1n) is 7.21. The number of benzene rings is 1.